The van der Waals surface area contributed by atoms with Gasteiger partial charge in [-0.05, 0) is 24.6 Å². The molecule has 1 atom stereocenters. The van der Waals surface area contributed by atoms with Crippen LogP contribution in [0.5, 0.6) is 0 Å². The summed E-state index contributed by atoms with van der Waals surface area (Å²) < 4.78 is 1.71. The highest BCUT2D eigenvalue weighted by molar-refractivity contribution is 5.83. The lowest BCUT2D eigenvalue weighted by Gasteiger charge is -2.33. The van der Waals surface area contributed by atoms with Crippen LogP contribution in [0.15, 0.2) is 18.3 Å². The van der Waals surface area contributed by atoms with Gasteiger partial charge in [0.05, 0.1) is 0 Å². The highest BCUT2D eigenvalue weighted by Crippen LogP contribution is 2.15. The van der Waals surface area contributed by atoms with Crippen LogP contribution in [0.25, 0.3) is 5.65 Å². The number of hydrogen-bond acceptors (Lipinski definition) is 5. The molecule has 0 radical (unpaired) electrons. The number of anilines is 1. The summed E-state index contributed by atoms with van der Waals surface area (Å²) in [6.45, 7) is 4.00. The molecule has 7 nitrogen and oxygen atoms in total. The number of aryl methyl sites for hydroxylation is 1. The molecule has 0 bridgehead atoms. The minimum absolute atomic E-state index is 0.359. The van der Waals surface area contributed by atoms with Gasteiger partial charge < -0.3 is 16.0 Å². The normalized spacial score (nSPS) is 19.8. The van der Waals surface area contributed by atoms with E-state index < -0.39 is 6.04 Å². The molecule has 3 rings (SSSR count). The number of nitrogens with one attached hydrogen (secondary N) is 1. The molecule has 1 fully saturated rings. The van der Waals surface area contributed by atoms with Crippen LogP contribution in [0, 0.1) is 6.92 Å². The number of amides is 1. The van der Waals surface area contributed by atoms with Gasteiger partial charge in [-0.15, -0.1) is 5.10 Å². The Bertz CT molecular complexity index is 622. The number of nitrogens with two attached hydrogens (primary N) is 1. The summed E-state index contributed by atoms with van der Waals surface area (Å²) in [5.74, 6) is 0.193. The summed E-state index contributed by atoms with van der Waals surface area (Å²) >= 11 is 0. The molecule has 7 heteroatoms. The first-order valence-corrected chi connectivity index (χ1v) is 6.25. The maximum absolute atomic E-state index is 11.5. The molecule has 0 saturated carbocycles. The van der Waals surface area contributed by atoms with E-state index in [4.69, 9.17) is 5.73 Å². The minimum Gasteiger partial charge on any atom is -0.368 e. The number of pyridine rings is 1. The van der Waals surface area contributed by atoms with E-state index in [2.05, 4.69) is 15.4 Å². The van der Waals surface area contributed by atoms with E-state index in [9.17, 15) is 4.79 Å². The van der Waals surface area contributed by atoms with Gasteiger partial charge in [-0.2, -0.15) is 4.98 Å². The number of piperazine rings is 1. The number of carbonyl (C=O) groups excluding carboxylic acids is 1. The van der Waals surface area contributed by atoms with Gasteiger partial charge in [0.25, 0.3) is 0 Å². The van der Waals surface area contributed by atoms with Crippen LogP contribution in [-0.2, 0) is 4.79 Å². The monoisotopic (exact) mass is 260 g/mol. The molecule has 1 unspecified atom stereocenters. The van der Waals surface area contributed by atoms with Crippen LogP contribution in [0.3, 0.4) is 0 Å². The van der Waals surface area contributed by atoms with Crippen molar-refractivity contribution in [2.75, 3.05) is 24.5 Å². The fourth-order valence-corrected chi connectivity index (χ4v) is 2.29. The smallest absolute Gasteiger partial charge is 0.246 e. The van der Waals surface area contributed by atoms with Gasteiger partial charge in [-0.25, -0.2) is 4.52 Å². The third-order valence-electron chi connectivity index (χ3n) is 3.31. The van der Waals surface area contributed by atoms with E-state index in [-0.39, 0.29) is 5.91 Å². The van der Waals surface area contributed by atoms with Gasteiger partial charge >= 0.3 is 0 Å². The largest absolute Gasteiger partial charge is 0.368 e. The lowest BCUT2D eigenvalue weighted by Crippen LogP contribution is -2.57. The molecule has 1 saturated heterocycles. The predicted octanol–water partition coefficient (Wildman–Crippen LogP) is -0.699. The lowest BCUT2D eigenvalue weighted by atomic mass is 10.2. The zero-order valence-corrected chi connectivity index (χ0v) is 10.7. The average Bonchev–Trinajstić information content (AvgIpc) is 2.81. The van der Waals surface area contributed by atoms with Crippen LogP contribution >= 0.6 is 0 Å². The van der Waals surface area contributed by atoms with Gasteiger partial charge in [-0.3, -0.25) is 4.79 Å². The standard InChI is InChI=1S/C12H16N6O/c1-8-2-4-18-10(6-8)15-12(16-18)17-5-3-14-7-9(17)11(13)19/h2,4,6,9,14H,3,5,7H2,1H3,(H2,13,19). The highest BCUT2D eigenvalue weighted by atomic mass is 16.1. The molecular weight excluding hydrogens is 244 g/mol. The van der Waals surface area contributed by atoms with E-state index >= 15 is 0 Å². The Morgan fingerprint density at radius 3 is 3.21 bits per heavy atom. The van der Waals surface area contributed by atoms with E-state index in [1.165, 1.54) is 0 Å². The van der Waals surface area contributed by atoms with Gasteiger partial charge in [-0.1, -0.05) is 0 Å². The summed E-state index contributed by atoms with van der Waals surface area (Å²) in [4.78, 5) is 17.8. The average molecular weight is 260 g/mol. The molecule has 3 heterocycles. The second-order valence-electron chi connectivity index (χ2n) is 4.73. The zero-order chi connectivity index (χ0) is 13.4. The molecule has 1 aliphatic heterocycles. The molecule has 19 heavy (non-hydrogen) atoms. The van der Waals surface area contributed by atoms with Crippen molar-refractivity contribution in [3.8, 4) is 0 Å². The van der Waals surface area contributed by atoms with E-state index in [1.54, 1.807) is 4.52 Å². The van der Waals surface area contributed by atoms with Crippen LogP contribution in [0.1, 0.15) is 5.56 Å². The fraction of sp³-hybridized carbons (Fsp3) is 0.417. The summed E-state index contributed by atoms with van der Waals surface area (Å²) in [5.41, 5.74) is 7.33. The number of aromatic nitrogens is 3. The summed E-state index contributed by atoms with van der Waals surface area (Å²) in [6.07, 6.45) is 1.86. The van der Waals surface area contributed by atoms with Crippen molar-refractivity contribution < 1.29 is 4.79 Å². The van der Waals surface area contributed by atoms with Crippen molar-refractivity contribution in [3.05, 3.63) is 23.9 Å². The molecule has 3 N–H and O–H groups in total. The molecule has 0 aromatic carbocycles. The molecule has 2 aromatic rings. The maximum atomic E-state index is 11.5. The van der Waals surface area contributed by atoms with Crippen LogP contribution < -0.4 is 16.0 Å². The number of carbonyl (C=O) groups is 1. The Morgan fingerprint density at radius 1 is 1.58 bits per heavy atom. The van der Waals surface area contributed by atoms with Gasteiger partial charge in [0, 0.05) is 25.8 Å². The van der Waals surface area contributed by atoms with Crippen molar-refractivity contribution >= 4 is 17.5 Å². The lowest BCUT2D eigenvalue weighted by molar-refractivity contribution is -0.119. The van der Waals surface area contributed by atoms with Gasteiger partial charge in [0.15, 0.2) is 5.65 Å². The molecule has 100 valence electrons. The number of nitrogens with zero attached hydrogens (tertiary/aromatic N) is 4. The third kappa shape index (κ3) is 2.12. The second kappa shape index (κ2) is 4.51. The van der Waals surface area contributed by atoms with Crippen molar-refractivity contribution in [1.29, 1.82) is 0 Å². The third-order valence-corrected chi connectivity index (χ3v) is 3.31. The molecular formula is C12H16N6O. The predicted molar refractivity (Wildman–Crippen MR) is 70.9 cm³/mol. The molecule has 0 aliphatic carbocycles. The zero-order valence-electron chi connectivity index (χ0n) is 10.7. The molecule has 1 amide bonds. The van der Waals surface area contributed by atoms with Crippen molar-refractivity contribution in [2.24, 2.45) is 5.73 Å². The quantitative estimate of drug-likeness (QED) is 0.745. The Kier molecular flexibility index (Phi) is 2.83. The minimum atomic E-state index is -0.396. The van der Waals surface area contributed by atoms with Crippen LogP contribution in [0.4, 0.5) is 5.95 Å². The van der Waals surface area contributed by atoms with E-state index in [0.717, 1.165) is 17.8 Å². The maximum Gasteiger partial charge on any atom is 0.246 e. The number of hydrogen-bond donors (Lipinski definition) is 2. The molecule has 1 aliphatic rings. The van der Waals surface area contributed by atoms with E-state index in [1.807, 2.05) is 30.2 Å². The fourth-order valence-electron chi connectivity index (χ4n) is 2.29. The van der Waals surface area contributed by atoms with Crippen molar-refractivity contribution in [3.63, 3.8) is 0 Å². The Morgan fingerprint density at radius 2 is 2.42 bits per heavy atom. The summed E-state index contributed by atoms with van der Waals surface area (Å²) in [5, 5.41) is 7.56. The summed E-state index contributed by atoms with van der Waals surface area (Å²) in [7, 11) is 0. The Balaban J connectivity index is 1.99. The SMILES string of the molecule is Cc1ccn2nc(N3CCNCC3C(N)=O)nc2c1. The first kappa shape index (κ1) is 11.9. The first-order chi connectivity index (χ1) is 9.15. The molecule has 2 aromatic heterocycles. The second-order valence-corrected chi connectivity index (χ2v) is 4.73. The number of rotatable bonds is 2. The van der Waals surface area contributed by atoms with Crippen molar-refractivity contribution in [1.82, 2.24) is 19.9 Å². The Hall–Kier alpha value is -2.15. The summed E-state index contributed by atoms with van der Waals surface area (Å²) in [6, 6.07) is 3.53. The first-order valence-electron chi connectivity index (χ1n) is 6.25. The number of primary amides is 1. The highest BCUT2D eigenvalue weighted by Gasteiger charge is 2.29. The van der Waals surface area contributed by atoms with Gasteiger partial charge in [0.2, 0.25) is 11.9 Å². The van der Waals surface area contributed by atoms with Crippen LogP contribution in [-0.4, -0.2) is 46.2 Å². The van der Waals surface area contributed by atoms with Crippen LogP contribution in [0.2, 0.25) is 0 Å². The van der Waals surface area contributed by atoms with Gasteiger partial charge in [0.1, 0.15) is 6.04 Å². The van der Waals surface area contributed by atoms with Crippen molar-refractivity contribution in [2.45, 2.75) is 13.0 Å². The topological polar surface area (TPSA) is 88.5 Å². The number of fused-ring (bicyclic) bond motifs is 1. The van der Waals surface area contributed by atoms with E-state index in [0.29, 0.717) is 19.0 Å². The molecule has 0 spiro atoms. The Labute approximate surface area is 110 Å².